The van der Waals surface area contributed by atoms with Gasteiger partial charge in [-0.1, -0.05) is 52.0 Å². The number of carbonyl (C=O) groups is 1. The van der Waals surface area contributed by atoms with Crippen molar-refractivity contribution >= 4 is 5.91 Å². The molecule has 0 radical (unpaired) electrons. The monoisotopic (exact) mass is 288 g/mol. The maximum absolute atomic E-state index is 12.4. The van der Waals surface area contributed by atoms with Gasteiger partial charge in [-0.3, -0.25) is 4.79 Å². The molecule has 0 aromatic heterocycles. The lowest BCUT2D eigenvalue weighted by molar-refractivity contribution is -0.123. The lowest BCUT2D eigenvalue weighted by Crippen LogP contribution is -2.49. The third-order valence-electron chi connectivity index (χ3n) is 4.62. The summed E-state index contributed by atoms with van der Waals surface area (Å²) in [5.41, 5.74) is 2.60. The molecule has 1 atom stereocenters. The second-order valence-corrected chi connectivity index (χ2v) is 6.80. The van der Waals surface area contributed by atoms with Gasteiger partial charge in [-0.05, 0) is 35.3 Å². The molecule has 21 heavy (non-hydrogen) atoms. The van der Waals surface area contributed by atoms with Crippen LogP contribution >= 0.6 is 0 Å². The normalized spacial score (nSPS) is 18.1. The predicted octanol–water partition coefficient (Wildman–Crippen LogP) is 2.75. The smallest absolute Gasteiger partial charge is 0.237 e. The van der Waals surface area contributed by atoms with Crippen LogP contribution in [0.15, 0.2) is 24.3 Å². The maximum Gasteiger partial charge on any atom is 0.237 e. The van der Waals surface area contributed by atoms with Crippen LogP contribution in [0.4, 0.5) is 0 Å². The van der Waals surface area contributed by atoms with E-state index in [9.17, 15) is 4.79 Å². The van der Waals surface area contributed by atoms with Crippen molar-refractivity contribution in [2.45, 2.75) is 46.7 Å². The van der Waals surface area contributed by atoms with Gasteiger partial charge in [0.25, 0.3) is 0 Å². The number of amides is 1. The van der Waals surface area contributed by atoms with Crippen molar-refractivity contribution in [1.29, 1.82) is 0 Å². The molecule has 0 fully saturated rings. The van der Waals surface area contributed by atoms with Crippen LogP contribution in [0.1, 0.15) is 38.8 Å². The zero-order chi connectivity index (χ0) is 15.4. The third-order valence-corrected chi connectivity index (χ3v) is 4.62. The third kappa shape index (κ3) is 4.07. The Hall–Kier alpha value is -1.35. The van der Waals surface area contributed by atoms with Gasteiger partial charge < -0.3 is 10.6 Å². The number of benzene rings is 1. The lowest BCUT2D eigenvalue weighted by atomic mass is 9.85. The van der Waals surface area contributed by atoms with Crippen molar-refractivity contribution in [3.63, 3.8) is 0 Å². The molecule has 3 heteroatoms. The number of nitrogens with one attached hydrogen (secondary N) is 2. The van der Waals surface area contributed by atoms with Gasteiger partial charge in [-0.15, -0.1) is 0 Å². The van der Waals surface area contributed by atoms with Crippen LogP contribution in [0.3, 0.4) is 0 Å². The topological polar surface area (TPSA) is 41.1 Å². The Kier molecular flexibility index (Phi) is 5.40. The van der Waals surface area contributed by atoms with Crippen LogP contribution in [0.2, 0.25) is 0 Å². The fraction of sp³-hybridized carbons (Fsp3) is 0.611. The zero-order valence-corrected chi connectivity index (χ0v) is 13.6. The average molecular weight is 288 g/mol. The summed E-state index contributed by atoms with van der Waals surface area (Å²) >= 11 is 0. The molecule has 1 aliphatic rings. The molecule has 1 aromatic rings. The Balaban J connectivity index is 1.90. The first-order chi connectivity index (χ1) is 9.99. The van der Waals surface area contributed by atoms with Crippen LogP contribution in [-0.2, 0) is 17.8 Å². The van der Waals surface area contributed by atoms with Gasteiger partial charge in [0.15, 0.2) is 0 Å². The molecule has 0 unspecified atom stereocenters. The molecular formula is C18H28N2O. The first-order valence-electron chi connectivity index (χ1n) is 8.07. The van der Waals surface area contributed by atoms with Crippen LogP contribution in [-0.4, -0.2) is 18.5 Å². The highest BCUT2D eigenvalue weighted by atomic mass is 16.2. The minimum Gasteiger partial charge on any atom is -0.354 e. The molecule has 1 heterocycles. The van der Waals surface area contributed by atoms with Crippen molar-refractivity contribution in [2.75, 3.05) is 6.54 Å². The number of fused-ring (bicyclic) bond motifs is 1. The van der Waals surface area contributed by atoms with E-state index in [-0.39, 0.29) is 11.9 Å². The van der Waals surface area contributed by atoms with Crippen LogP contribution in [0.25, 0.3) is 0 Å². The van der Waals surface area contributed by atoms with Gasteiger partial charge >= 0.3 is 0 Å². The molecule has 2 N–H and O–H groups in total. The Morgan fingerprint density at radius 3 is 2.43 bits per heavy atom. The van der Waals surface area contributed by atoms with E-state index in [2.05, 4.69) is 56.5 Å². The summed E-state index contributed by atoms with van der Waals surface area (Å²) in [7, 11) is 0. The van der Waals surface area contributed by atoms with Gasteiger partial charge in [-0.2, -0.15) is 0 Å². The van der Waals surface area contributed by atoms with Crippen molar-refractivity contribution in [3.05, 3.63) is 35.4 Å². The second kappa shape index (κ2) is 7.08. The van der Waals surface area contributed by atoms with E-state index in [4.69, 9.17) is 0 Å². The average Bonchev–Trinajstić information content (AvgIpc) is 2.46. The van der Waals surface area contributed by atoms with E-state index in [0.29, 0.717) is 17.8 Å². The summed E-state index contributed by atoms with van der Waals surface area (Å²) in [6, 6.07) is 8.26. The molecule has 0 aliphatic carbocycles. The molecule has 0 spiro atoms. The van der Waals surface area contributed by atoms with E-state index in [1.807, 2.05) is 6.07 Å². The summed E-state index contributed by atoms with van der Waals surface area (Å²) in [6.07, 6.45) is 0.788. The second-order valence-electron chi connectivity index (χ2n) is 6.80. The Morgan fingerprint density at radius 2 is 1.81 bits per heavy atom. The Labute approximate surface area is 128 Å². The van der Waals surface area contributed by atoms with Crippen LogP contribution in [0, 0.1) is 17.8 Å². The summed E-state index contributed by atoms with van der Waals surface area (Å²) in [5.74, 6) is 1.84. The number of rotatable bonds is 5. The molecule has 2 rings (SSSR count). The SMILES string of the molecule is CC(C)C(CNC(=O)[C@H]1Cc2ccccc2CN1)C(C)C. The predicted molar refractivity (Wildman–Crippen MR) is 86.9 cm³/mol. The molecule has 0 saturated carbocycles. The van der Waals surface area contributed by atoms with Crippen molar-refractivity contribution in [2.24, 2.45) is 17.8 Å². The maximum atomic E-state index is 12.4. The van der Waals surface area contributed by atoms with Crippen molar-refractivity contribution < 1.29 is 4.79 Å². The van der Waals surface area contributed by atoms with Gasteiger partial charge in [0.2, 0.25) is 5.91 Å². The molecule has 0 saturated heterocycles. The highest BCUT2D eigenvalue weighted by Crippen LogP contribution is 2.20. The minimum absolute atomic E-state index is 0.0973. The molecule has 3 nitrogen and oxygen atoms in total. The summed E-state index contributed by atoms with van der Waals surface area (Å²) in [4.78, 5) is 12.4. The summed E-state index contributed by atoms with van der Waals surface area (Å²) < 4.78 is 0. The highest BCUT2D eigenvalue weighted by Gasteiger charge is 2.25. The van der Waals surface area contributed by atoms with Gasteiger partial charge in [-0.25, -0.2) is 0 Å². The van der Waals surface area contributed by atoms with E-state index in [1.54, 1.807) is 0 Å². The Bertz CT molecular complexity index is 474. The quantitative estimate of drug-likeness (QED) is 0.874. The Morgan fingerprint density at radius 1 is 1.19 bits per heavy atom. The van der Waals surface area contributed by atoms with E-state index < -0.39 is 0 Å². The van der Waals surface area contributed by atoms with Gasteiger partial charge in [0.1, 0.15) is 0 Å². The van der Waals surface area contributed by atoms with E-state index in [1.165, 1.54) is 11.1 Å². The minimum atomic E-state index is -0.0973. The number of carbonyl (C=O) groups excluding carboxylic acids is 1. The lowest BCUT2D eigenvalue weighted by Gasteiger charge is -2.28. The molecule has 1 amide bonds. The highest BCUT2D eigenvalue weighted by molar-refractivity contribution is 5.82. The van der Waals surface area contributed by atoms with Crippen molar-refractivity contribution in [1.82, 2.24) is 10.6 Å². The molecule has 0 bridgehead atoms. The fourth-order valence-corrected chi connectivity index (χ4v) is 3.22. The molecular weight excluding hydrogens is 260 g/mol. The fourth-order valence-electron chi connectivity index (χ4n) is 3.22. The summed E-state index contributed by atoms with van der Waals surface area (Å²) in [6.45, 7) is 10.5. The van der Waals surface area contributed by atoms with Crippen LogP contribution < -0.4 is 10.6 Å². The van der Waals surface area contributed by atoms with E-state index in [0.717, 1.165) is 19.5 Å². The molecule has 1 aliphatic heterocycles. The van der Waals surface area contributed by atoms with E-state index >= 15 is 0 Å². The largest absolute Gasteiger partial charge is 0.354 e. The molecule has 116 valence electrons. The van der Waals surface area contributed by atoms with Crippen LogP contribution in [0.5, 0.6) is 0 Å². The summed E-state index contributed by atoms with van der Waals surface area (Å²) in [5, 5.41) is 6.49. The van der Waals surface area contributed by atoms with Gasteiger partial charge in [0.05, 0.1) is 6.04 Å². The zero-order valence-electron chi connectivity index (χ0n) is 13.6. The standard InChI is InChI=1S/C18H28N2O/c1-12(2)16(13(3)4)11-20-18(21)17-9-14-7-5-6-8-15(14)10-19-17/h5-8,12-13,16-17,19H,9-11H2,1-4H3,(H,20,21)/t17-/m1/s1. The number of hydrogen-bond acceptors (Lipinski definition) is 2. The van der Waals surface area contributed by atoms with Gasteiger partial charge in [0, 0.05) is 13.1 Å². The first-order valence-corrected chi connectivity index (χ1v) is 8.07. The first kappa shape index (κ1) is 16.0. The number of hydrogen-bond donors (Lipinski definition) is 2. The molecule has 1 aromatic carbocycles. The van der Waals surface area contributed by atoms with Crippen molar-refractivity contribution in [3.8, 4) is 0 Å².